The molecule has 0 radical (unpaired) electrons. The van der Waals surface area contributed by atoms with Gasteiger partial charge in [-0.25, -0.2) is 4.98 Å². The fourth-order valence-electron chi connectivity index (χ4n) is 2.51. The quantitative estimate of drug-likeness (QED) is 0.931. The summed E-state index contributed by atoms with van der Waals surface area (Å²) in [5.41, 5.74) is 2.28. The number of hydrogen-bond acceptors (Lipinski definition) is 4. The van der Waals surface area contributed by atoms with E-state index in [1.165, 1.54) is 11.3 Å². The molecule has 2 amide bonds. The summed E-state index contributed by atoms with van der Waals surface area (Å²) in [7, 11) is 0. The molecule has 1 aromatic heterocycles. The molecular formula is C17H19N3O2S. The van der Waals surface area contributed by atoms with Crippen molar-refractivity contribution in [3.8, 4) is 0 Å². The number of nitrogens with zero attached hydrogens (tertiary/aromatic N) is 2. The molecule has 0 atom stereocenters. The number of hydrogen-bond donors (Lipinski definition) is 1. The number of nitrogens with one attached hydrogen (secondary N) is 1. The molecule has 0 bridgehead atoms. The molecule has 2 aromatic rings. The Hall–Kier alpha value is -2.21. The van der Waals surface area contributed by atoms with Gasteiger partial charge in [-0.05, 0) is 30.5 Å². The minimum atomic E-state index is -0.205. The van der Waals surface area contributed by atoms with E-state index in [9.17, 15) is 9.59 Å². The van der Waals surface area contributed by atoms with Gasteiger partial charge >= 0.3 is 0 Å². The lowest BCUT2D eigenvalue weighted by molar-refractivity contribution is -0.117. The molecule has 0 spiro atoms. The Balaban J connectivity index is 1.75. The smallest absolute Gasteiger partial charge is 0.257 e. The molecule has 1 aliphatic rings. The highest BCUT2D eigenvalue weighted by molar-refractivity contribution is 7.14. The molecule has 1 fully saturated rings. The van der Waals surface area contributed by atoms with E-state index in [-0.39, 0.29) is 11.8 Å². The molecule has 1 saturated heterocycles. The number of carbonyl (C=O) groups excluding carboxylic acids is 2. The third kappa shape index (κ3) is 3.42. The second-order valence-corrected chi connectivity index (χ2v) is 6.74. The maximum absolute atomic E-state index is 12.4. The van der Waals surface area contributed by atoms with Crippen LogP contribution >= 0.6 is 11.3 Å². The van der Waals surface area contributed by atoms with Crippen LogP contribution in [0.15, 0.2) is 29.6 Å². The van der Waals surface area contributed by atoms with Crippen LogP contribution in [0, 0.1) is 0 Å². The van der Waals surface area contributed by atoms with Crippen molar-refractivity contribution in [2.45, 2.75) is 32.6 Å². The molecule has 1 N–H and O–H groups in total. The molecule has 2 heterocycles. The van der Waals surface area contributed by atoms with E-state index in [1.807, 2.05) is 11.4 Å². The Morgan fingerprint density at radius 3 is 2.87 bits per heavy atom. The van der Waals surface area contributed by atoms with E-state index in [2.05, 4.69) is 24.1 Å². The van der Waals surface area contributed by atoms with Crippen LogP contribution in [0.5, 0.6) is 0 Å². The lowest BCUT2D eigenvalue weighted by Crippen LogP contribution is -2.24. The van der Waals surface area contributed by atoms with Gasteiger partial charge in [-0.2, -0.15) is 0 Å². The minimum absolute atomic E-state index is 0.115. The zero-order valence-corrected chi connectivity index (χ0v) is 14.0. The van der Waals surface area contributed by atoms with Gasteiger partial charge in [0.25, 0.3) is 5.91 Å². The Morgan fingerprint density at radius 2 is 2.22 bits per heavy atom. The number of rotatable bonds is 4. The first-order valence-electron chi connectivity index (χ1n) is 7.72. The standard InChI is InChI=1S/C17H19N3O2S/c1-11(2)14-10-23-17(18-14)19-16(22)12-5-3-6-13(9-12)20-8-4-7-15(20)21/h3,5-6,9-11H,4,7-8H2,1-2H3,(H,18,19,22). The zero-order chi connectivity index (χ0) is 16.4. The van der Waals surface area contributed by atoms with Gasteiger partial charge in [-0.15, -0.1) is 11.3 Å². The van der Waals surface area contributed by atoms with Crippen LogP contribution in [-0.4, -0.2) is 23.3 Å². The monoisotopic (exact) mass is 329 g/mol. The van der Waals surface area contributed by atoms with Crippen molar-refractivity contribution in [1.82, 2.24) is 4.98 Å². The summed E-state index contributed by atoms with van der Waals surface area (Å²) in [6.45, 7) is 4.85. The van der Waals surface area contributed by atoms with Crippen LogP contribution in [0.2, 0.25) is 0 Å². The van der Waals surface area contributed by atoms with Crippen molar-refractivity contribution in [2.24, 2.45) is 0 Å². The Kier molecular flexibility index (Phi) is 4.43. The molecular weight excluding hydrogens is 310 g/mol. The number of carbonyl (C=O) groups is 2. The van der Waals surface area contributed by atoms with Crippen molar-refractivity contribution in [3.63, 3.8) is 0 Å². The Labute approximate surface area is 139 Å². The largest absolute Gasteiger partial charge is 0.312 e. The average Bonchev–Trinajstić information content (AvgIpc) is 3.16. The molecule has 1 aromatic carbocycles. The fourth-order valence-corrected chi connectivity index (χ4v) is 3.38. The third-order valence-electron chi connectivity index (χ3n) is 3.83. The summed E-state index contributed by atoms with van der Waals surface area (Å²) < 4.78 is 0. The maximum Gasteiger partial charge on any atom is 0.257 e. The van der Waals surface area contributed by atoms with Gasteiger partial charge in [0.05, 0.1) is 5.69 Å². The summed E-state index contributed by atoms with van der Waals surface area (Å²) in [5, 5.41) is 5.38. The SMILES string of the molecule is CC(C)c1csc(NC(=O)c2cccc(N3CCCC3=O)c2)n1. The van der Waals surface area contributed by atoms with Crippen molar-refractivity contribution in [2.75, 3.05) is 16.8 Å². The highest BCUT2D eigenvalue weighted by Crippen LogP contribution is 2.24. The molecule has 0 saturated carbocycles. The van der Waals surface area contributed by atoms with Gasteiger partial charge in [0, 0.05) is 29.6 Å². The van der Waals surface area contributed by atoms with Crippen LogP contribution in [0.3, 0.4) is 0 Å². The summed E-state index contributed by atoms with van der Waals surface area (Å²) in [4.78, 5) is 30.4. The van der Waals surface area contributed by atoms with Gasteiger partial charge in [-0.1, -0.05) is 19.9 Å². The predicted molar refractivity (Wildman–Crippen MR) is 92.2 cm³/mol. The summed E-state index contributed by atoms with van der Waals surface area (Å²) >= 11 is 1.42. The van der Waals surface area contributed by atoms with Gasteiger partial charge in [-0.3, -0.25) is 14.9 Å². The van der Waals surface area contributed by atoms with Crippen LogP contribution in [0.1, 0.15) is 48.7 Å². The molecule has 0 aliphatic carbocycles. The van der Waals surface area contributed by atoms with Crippen LogP contribution in [0.25, 0.3) is 0 Å². The van der Waals surface area contributed by atoms with E-state index in [0.717, 1.165) is 17.8 Å². The van der Waals surface area contributed by atoms with E-state index in [0.29, 0.717) is 29.6 Å². The van der Waals surface area contributed by atoms with Crippen molar-refractivity contribution >= 4 is 34.0 Å². The number of benzene rings is 1. The fraction of sp³-hybridized carbons (Fsp3) is 0.353. The van der Waals surface area contributed by atoms with Crippen LogP contribution in [-0.2, 0) is 4.79 Å². The zero-order valence-electron chi connectivity index (χ0n) is 13.2. The van der Waals surface area contributed by atoms with Crippen molar-refractivity contribution in [3.05, 3.63) is 40.9 Å². The Morgan fingerprint density at radius 1 is 1.39 bits per heavy atom. The molecule has 5 nitrogen and oxygen atoms in total. The topological polar surface area (TPSA) is 62.3 Å². The van der Waals surface area contributed by atoms with Gasteiger partial charge in [0.2, 0.25) is 5.91 Å². The molecule has 0 unspecified atom stereocenters. The van der Waals surface area contributed by atoms with E-state index in [1.54, 1.807) is 23.1 Å². The molecule has 120 valence electrons. The van der Waals surface area contributed by atoms with E-state index < -0.39 is 0 Å². The first-order valence-corrected chi connectivity index (χ1v) is 8.60. The Bertz CT molecular complexity index is 739. The van der Waals surface area contributed by atoms with Gasteiger partial charge < -0.3 is 4.90 Å². The molecule has 6 heteroatoms. The number of aromatic nitrogens is 1. The van der Waals surface area contributed by atoms with Crippen molar-refractivity contribution < 1.29 is 9.59 Å². The lowest BCUT2D eigenvalue weighted by atomic mass is 10.1. The number of anilines is 2. The minimum Gasteiger partial charge on any atom is -0.312 e. The summed E-state index contributed by atoms with van der Waals surface area (Å²) in [6.07, 6.45) is 1.44. The molecule has 3 rings (SSSR count). The second-order valence-electron chi connectivity index (χ2n) is 5.89. The average molecular weight is 329 g/mol. The first kappa shape index (κ1) is 15.7. The van der Waals surface area contributed by atoms with Gasteiger partial charge in [0.15, 0.2) is 5.13 Å². The second kappa shape index (κ2) is 6.50. The highest BCUT2D eigenvalue weighted by atomic mass is 32.1. The van der Waals surface area contributed by atoms with Crippen LogP contribution < -0.4 is 10.2 Å². The van der Waals surface area contributed by atoms with E-state index in [4.69, 9.17) is 0 Å². The summed E-state index contributed by atoms with van der Waals surface area (Å²) in [5.74, 6) is 0.244. The normalized spacial score (nSPS) is 14.6. The van der Waals surface area contributed by atoms with Gasteiger partial charge in [0.1, 0.15) is 0 Å². The third-order valence-corrected chi connectivity index (χ3v) is 4.60. The van der Waals surface area contributed by atoms with E-state index >= 15 is 0 Å². The molecule has 1 aliphatic heterocycles. The number of thiazole rings is 1. The first-order chi connectivity index (χ1) is 11.0. The molecule has 23 heavy (non-hydrogen) atoms. The number of amides is 2. The predicted octanol–water partition coefficient (Wildman–Crippen LogP) is 3.65. The van der Waals surface area contributed by atoms with Crippen molar-refractivity contribution in [1.29, 1.82) is 0 Å². The lowest BCUT2D eigenvalue weighted by Gasteiger charge is -2.16. The summed E-state index contributed by atoms with van der Waals surface area (Å²) in [6, 6.07) is 7.17. The van der Waals surface area contributed by atoms with Crippen LogP contribution in [0.4, 0.5) is 10.8 Å². The maximum atomic E-state index is 12.4. The highest BCUT2D eigenvalue weighted by Gasteiger charge is 2.22.